The van der Waals surface area contributed by atoms with Crippen molar-refractivity contribution in [3.63, 3.8) is 0 Å². The van der Waals surface area contributed by atoms with Crippen LogP contribution in [0.1, 0.15) is 40.5 Å². The highest BCUT2D eigenvalue weighted by atomic mass is 16.6. The van der Waals surface area contributed by atoms with Crippen molar-refractivity contribution in [2.45, 2.75) is 58.2 Å². The van der Waals surface area contributed by atoms with Gasteiger partial charge in [0.15, 0.2) is 0 Å². The number of carbonyl (C=O) groups is 3. The largest absolute Gasteiger partial charge is 0.480 e. The fraction of sp³-hybridized carbons (Fsp3) is 0.750. The Bertz CT molecular complexity index is 333. The number of hydrogen-bond donors (Lipinski definition) is 3. The summed E-state index contributed by atoms with van der Waals surface area (Å²) in [4.78, 5) is 33.4. The molecular weight excluding hydrogens is 254 g/mol. The molecule has 1 unspecified atom stereocenters. The number of aliphatic carboxylic acids is 2. The average molecular weight is 275 g/mol. The van der Waals surface area contributed by atoms with Gasteiger partial charge < -0.3 is 14.9 Å². The van der Waals surface area contributed by atoms with Crippen molar-refractivity contribution in [1.82, 2.24) is 5.32 Å². The van der Waals surface area contributed by atoms with Crippen LogP contribution in [-0.2, 0) is 19.1 Å². The summed E-state index contributed by atoms with van der Waals surface area (Å²) >= 11 is 0. The van der Waals surface area contributed by atoms with Gasteiger partial charge in [-0.1, -0.05) is 13.3 Å². The molecule has 0 radical (unpaired) electrons. The monoisotopic (exact) mass is 275 g/mol. The van der Waals surface area contributed by atoms with Crippen LogP contribution >= 0.6 is 0 Å². The molecule has 0 aromatic carbocycles. The van der Waals surface area contributed by atoms with E-state index < -0.39 is 35.6 Å². The van der Waals surface area contributed by atoms with Crippen LogP contribution in [0.3, 0.4) is 0 Å². The molecule has 1 atom stereocenters. The van der Waals surface area contributed by atoms with Crippen LogP contribution < -0.4 is 5.32 Å². The lowest BCUT2D eigenvalue weighted by atomic mass is 10.1. The summed E-state index contributed by atoms with van der Waals surface area (Å²) in [7, 11) is 0. The van der Waals surface area contributed by atoms with E-state index in [9.17, 15) is 14.4 Å². The number of carboxylic acid groups (broad SMARTS) is 2. The standard InChI is InChI=1S/C12H21NO6/c1-5-6-7(11(18)19-12(2,3)4)13-8(9(14)15)10(16)17/h7-8,13H,5-6H2,1-4H3,(H,14,15)(H,16,17). The molecule has 0 heterocycles. The highest BCUT2D eigenvalue weighted by Gasteiger charge is 2.33. The van der Waals surface area contributed by atoms with Gasteiger partial charge in [0.2, 0.25) is 6.04 Å². The predicted octanol–water partition coefficient (Wildman–Crippen LogP) is 0.624. The van der Waals surface area contributed by atoms with Gasteiger partial charge in [-0.15, -0.1) is 0 Å². The molecule has 0 amide bonds. The lowest BCUT2D eigenvalue weighted by Gasteiger charge is -2.25. The Labute approximate surface area is 111 Å². The third kappa shape index (κ3) is 6.76. The van der Waals surface area contributed by atoms with Crippen LogP contribution in [0.4, 0.5) is 0 Å². The molecule has 0 aliphatic carbocycles. The maximum absolute atomic E-state index is 11.9. The third-order valence-electron chi connectivity index (χ3n) is 2.13. The Morgan fingerprint density at radius 2 is 1.63 bits per heavy atom. The van der Waals surface area contributed by atoms with Crippen molar-refractivity contribution in [3.05, 3.63) is 0 Å². The molecule has 0 rings (SSSR count). The van der Waals surface area contributed by atoms with Gasteiger partial charge in [-0.05, 0) is 27.2 Å². The zero-order valence-electron chi connectivity index (χ0n) is 11.6. The van der Waals surface area contributed by atoms with Gasteiger partial charge >= 0.3 is 17.9 Å². The quantitative estimate of drug-likeness (QED) is 0.461. The number of ether oxygens (including phenoxy) is 1. The summed E-state index contributed by atoms with van der Waals surface area (Å²) in [5.74, 6) is -3.74. The first kappa shape index (κ1) is 17.4. The molecule has 7 nitrogen and oxygen atoms in total. The van der Waals surface area contributed by atoms with Crippen molar-refractivity contribution in [3.8, 4) is 0 Å². The minimum absolute atomic E-state index is 0.298. The third-order valence-corrected chi connectivity index (χ3v) is 2.13. The Morgan fingerprint density at radius 1 is 1.16 bits per heavy atom. The first-order valence-corrected chi connectivity index (χ1v) is 6.03. The van der Waals surface area contributed by atoms with E-state index in [2.05, 4.69) is 5.32 Å². The van der Waals surface area contributed by atoms with Crippen LogP contribution in [0.15, 0.2) is 0 Å². The fourth-order valence-electron chi connectivity index (χ4n) is 1.38. The minimum Gasteiger partial charge on any atom is -0.480 e. The Morgan fingerprint density at radius 3 is 1.95 bits per heavy atom. The first-order valence-electron chi connectivity index (χ1n) is 6.03. The van der Waals surface area contributed by atoms with Crippen molar-refractivity contribution < 1.29 is 29.3 Å². The minimum atomic E-state index is -1.83. The van der Waals surface area contributed by atoms with Gasteiger partial charge in [-0.25, -0.2) is 9.59 Å². The van der Waals surface area contributed by atoms with E-state index >= 15 is 0 Å². The summed E-state index contributed by atoms with van der Waals surface area (Å²) in [5, 5.41) is 19.9. The molecule has 3 N–H and O–H groups in total. The van der Waals surface area contributed by atoms with E-state index in [0.29, 0.717) is 12.8 Å². The molecule has 0 bridgehead atoms. The van der Waals surface area contributed by atoms with Crippen LogP contribution in [0.2, 0.25) is 0 Å². The van der Waals surface area contributed by atoms with Crippen LogP contribution in [0.5, 0.6) is 0 Å². The highest BCUT2D eigenvalue weighted by Crippen LogP contribution is 2.11. The summed E-state index contributed by atoms with van der Waals surface area (Å²) < 4.78 is 5.13. The molecule has 7 heteroatoms. The van der Waals surface area contributed by atoms with Gasteiger partial charge in [0, 0.05) is 0 Å². The molecule has 19 heavy (non-hydrogen) atoms. The van der Waals surface area contributed by atoms with Crippen LogP contribution in [0.25, 0.3) is 0 Å². The van der Waals surface area contributed by atoms with Crippen molar-refractivity contribution in [1.29, 1.82) is 0 Å². The van der Waals surface area contributed by atoms with Crippen LogP contribution in [-0.4, -0.2) is 45.8 Å². The zero-order valence-corrected chi connectivity index (χ0v) is 11.6. The first-order chi connectivity index (χ1) is 8.58. The zero-order chi connectivity index (χ0) is 15.2. The Balaban J connectivity index is 4.85. The molecule has 0 aliphatic heterocycles. The second-order valence-corrected chi connectivity index (χ2v) is 5.15. The van der Waals surface area contributed by atoms with E-state index in [0.717, 1.165) is 0 Å². The number of carboxylic acids is 2. The molecule has 0 spiro atoms. The number of hydrogen-bond acceptors (Lipinski definition) is 5. The normalized spacial score (nSPS) is 13.1. The average Bonchev–Trinajstić information content (AvgIpc) is 2.20. The van der Waals surface area contributed by atoms with Crippen molar-refractivity contribution in [2.24, 2.45) is 0 Å². The highest BCUT2D eigenvalue weighted by molar-refractivity contribution is 5.97. The number of rotatable bonds is 7. The van der Waals surface area contributed by atoms with Gasteiger partial charge in [-0.2, -0.15) is 0 Å². The lowest BCUT2D eigenvalue weighted by Crippen LogP contribution is -2.52. The Hall–Kier alpha value is -1.63. The summed E-state index contributed by atoms with van der Waals surface area (Å²) in [6.45, 7) is 6.84. The molecule has 0 aromatic heterocycles. The summed E-state index contributed by atoms with van der Waals surface area (Å²) in [6.07, 6.45) is 0.884. The molecule has 0 fully saturated rings. The predicted molar refractivity (Wildman–Crippen MR) is 66.7 cm³/mol. The molecule has 0 aliphatic rings. The summed E-state index contributed by atoms with van der Waals surface area (Å²) in [6, 6.07) is -2.79. The smallest absolute Gasteiger partial charge is 0.332 e. The SMILES string of the molecule is CCCC(NC(C(=O)O)C(=O)O)C(=O)OC(C)(C)C. The summed E-state index contributed by atoms with van der Waals surface area (Å²) in [5.41, 5.74) is -0.716. The van der Waals surface area contributed by atoms with E-state index in [1.165, 1.54) is 0 Å². The fourth-order valence-corrected chi connectivity index (χ4v) is 1.38. The molecule has 110 valence electrons. The maximum Gasteiger partial charge on any atom is 0.332 e. The van der Waals surface area contributed by atoms with E-state index in [1.807, 2.05) is 0 Å². The number of nitrogens with one attached hydrogen (secondary N) is 1. The maximum atomic E-state index is 11.9. The Kier molecular flexibility index (Phi) is 6.47. The lowest BCUT2D eigenvalue weighted by molar-refractivity contribution is -0.159. The van der Waals surface area contributed by atoms with E-state index in [4.69, 9.17) is 14.9 Å². The van der Waals surface area contributed by atoms with E-state index in [-0.39, 0.29) is 0 Å². The second-order valence-electron chi connectivity index (χ2n) is 5.15. The van der Waals surface area contributed by atoms with Gasteiger partial charge in [0.05, 0.1) is 0 Å². The number of esters is 1. The molecule has 0 saturated heterocycles. The van der Waals surface area contributed by atoms with Gasteiger partial charge in [0.1, 0.15) is 11.6 Å². The topological polar surface area (TPSA) is 113 Å². The van der Waals surface area contributed by atoms with Crippen LogP contribution in [0, 0.1) is 0 Å². The van der Waals surface area contributed by atoms with E-state index in [1.54, 1.807) is 27.7 Å². The molecular formula is C12H21NO6. The van der Waals surface area contributed by atoms with Crippen molar-refractivity contribution >= 4 is 17.9 Å². The second kappa shape index (κ2) is 7.08. The van der Waals surface area contributed by atoms with Gasteiger partial charge in [-0.3, -0.25) is 10.1 Å². The van der Waals surface area contributed by atoms with Gasteiger partial charge in [0.25, 0.3) is 0 Å². The molecule has 0 aromatic rings. The van der Waals surface area contributed by atoms with Crippen molar-refractivity contribution in [2.75, 3.05) is 0 Å². The number of carbonyl (C=O) groups excluding carboxylic acids is 1. The molecule has 0 saturated carbocycles.